The number of amides is 1. The van der Waals surface area contributed by atoms with Crippen molar-refractivity contribution in [2.45, 2.75) is 12.8 Å². The molecule has 1 aliphatic rings. The predicted octanol–water partition coefficient (Wildman–Crippen LogP) is -0.852. The van der Waals surface area contributed by atoms with Gasteiger partial charge < -0.3 is 21.2 Å². The Balaban J connectivity index is 2.42. The fraction of sp³-hybridized carbons (Fsp3) is 0.750. The topological polar surface area (TPSA) is 91.0 Å². The number of guanidine groups is 1. The number of piperidine rings is 1. The van der Waals surface area contributed by atoms with Gasteiger partial charge in [0.05, 0.1) is 0 Å². The van der Waals surface area contributed by atoms with Crippen LogP contribution in [0.25, 0.3) is 0 Å². The molecule has 0 spiro atoms. The van der Waals surface area contributed by atoms with Gasteiger partial charge in [-0.3, -0.25) is 4.79 Å². The summed E-state index contributed by atoms with van der Waals surface area (Å²) >= 11 is 0. The number of nitrogens with one attached hydrogen (secondary N) is 1. The van der Waals surface area contributed by atoms with Crippen LogP contribution in [0.4, 0.5) is 0 Å². The van der Waals surface area contributed by atoms with Gasteiger partial charge in [-0.15, -0.1) is 0 Å². The van der Waals surface area contributed by atoms with Crippen LogP contribution in [0.3, 0.4) is 0 Å². The Morgan fingerprint density at radius 1 is 1.57 bits per heavy atom. The van der Waals surface area contributed by atoms with Crippen LogP contribution < -0.4 is 11.1 Å². The monoisotopic (exact) mass is 200 g/mol. The van der Waals surface area contributed by atoms with Gasteiger partial charge in [-0.1, -0.05) is 5.16 Å². The Morgan fingerprint density at radius 2 is 2.14 bits per heavy atom. The summed E-state index contributed by atoms with van der Waals surface area (Å²) in [5, 5.41) is 14.0. The Morgan fingerprint density at radius 3 is 2.57 bits per heavy atom. The number of likely N-dealkylation sites (tertiary alicyclic amines) is 1. The van der Waals surface area contributed by atoms with Gasteiger partial charge in [-0.2, -0.15) is 0 Å². The van der Waals surface area contributed by atoms with Crippen molar-refractivity contribution in [3.63, 3.8) is 0 Å². The van der Waals surface area contributed by atoms with Crippen LogP contribution in [0.1, 0.15) is 12.8 Å². The van der Waals surface area contributed by atoms with Gasteiger partial charge >= 0.3 is 0 Å². The van der Waals surface area contributed by atoms with Crippen LogP contribution in [0.15, 0.2) is 5.16 Å². The average molecular weight is 200 g/mol. The van der Waals surface area contributed by atoms with Crippen LogP contribution >= 0.6 is 0 Å². The van der Waals surface area contributed by atoms with Crippen molar-refractivity contribution >= 4 is 11.9 Å². The molecule has 0 unspecified atom stereocenters. The number of carbonyl (C=O) groups excluding carboxylic acids is 1. The number of hydrogen-bond donors (Lipinski definition) is 3. The third-order valence-corrected chi connectivity index (χ3v) is 2.54. The minimum absolute atomic E-state index is 0.0581. The summed E-state index contributed by atoms with van der Waals surface area (Å²) < 4.78 is 0. The number of nitrogens with two attached hydrogens (primary N) is 1. The quantitative estimate of drug-likeness (QED) is 0.222. The molecule has 0 aromatic carbocycles. The lowest BCUT2D eigenvalue weighted by Crippen LogP contribution is -2.45. The molecule has 1 fully saturated rings. The van der Waals surface area contributed by atoms with E-state index in [2.05, 4.69) is 10.5 Å². The first-order valence-corrected chi connectivity index (χ1v) is 4.63. The molecule has 80 valence electrons. The van der Waals surface area contributed by atoms with E-state index in [0.717, 1.165) is 12.8 Å². The number of carbonyl (C=O) groups is 1. The lowest BCUT2D eigenvalue weighted by molar-refractivity contribution is -0.125. The fourth-order valence-corrected chi connectivity index (χ4v) is 1.64. The maximum Gasteiger partial charge on any atom is 0.233 e. The predicted molar refractivity (Wildman–Crippen MR) is 51.8 cm³/mol. The Hall–Kier alpha value is -1.46. The summed E-state index contributed by atoms with van der Waals surface area (Å²) in [4.78, 5) is 13.0. The van der Waals surface area contributed by atoms with E-state index in [4.69, 9.17) is 10.9 Å². The average Bonchev–Trinajstić information content (AvgIpc) is 2.27. The van der Waals surface area contributed by atoms with Gasteiger partial charge in [0.1, 0.15) is 0 Å². The maximum atomic E-state index is 11.3. The highest BCUT2D eigenvalue weighted by atomic mass is 16.4. The third-order valence-electron chi connectivity index (χ3n) is 2.54. The summed E-state index contributed by atoms with van der Waals surface area (Å²) in [7, 11) is 1.64. The van der Waals surface area contributed by atoms with Crippen molar-refractivity contribution in [2.24, 2.45) is 16.8 Å². The first-order valence-electron chi connectivity index (χ1n) is 4.63. The molecule has 0 saturated carbocycles. The zero-order valence-electron chi connectivity index (χ0n) is 8.23. The smallest absolute Gasteiger partial charge is 0.233 e. The molecular formula is C8H16N4O2. The van der Waals surface area contributed by atoms with E-state index in [9.17, 15) is 4.79 Å². The van der Waals surface area contributed by atoms with E-state index in [1.807, 2.05) is 0 Å². The van der Waals surface area contributed by atoms with Gasteiger partial charge in [-0.05, 0) is 12.8 Å². The summed E-state index contributed by atoms with van der Waals surface area (Å²) in [5.41, 5.74) is 5.43. The minimum Gasteiger partial charge on any atom is -0.408 e. The molecule has 0 aromatic rings. The van der Waals surface area contributed by atoms with Crippen LogP contribution in [0, 0.1) is 5.92 Å². The molecule has 1 amide bonds. The first kappa shape index (κ1) is 10.6. The van der Waals surface area contributed by atoms with Gasteiger partial charge in [0, 0.05) is 26.1 Å². The van der Waals surface area contributed by atoms with Crippen molar-refractivity contribution in [3.05, 3.63) is 0 Å². The molecule has 1 rings (SSSR count). The highest BCUT2D eigenvalue weighted by Gasteiger charge is 2.24. The van der Waals surface area contributed by atoms with E-state index >= 15 is 0 Å². The fourth-order valence-electron chi connectivity index (χ4n) is 1.64. The number of rotatable bonds is 1. The molecule has 14 heavy (non-hydrogen) atoms. The molecule has 0 bridgehead atoms. The summed E-state index contributed by atoms with van der Waals surface area (Å²) in [6.07, 6.45) is 1.49. The highest BCUT2D eigenvalue weighted by Crippen LogP contribution is 2.16. The lowest BCUT2D eigenvalue weighted by Gasteiger charge is -2.30. The molecule has 0 aromatic heterocycles. The minimum atomic E-state index is 0.0581. The zero-order chi connectivity index (χ0) is 10.6. The van der Waals surface area contributed by atoms with Crippen molar-refractivity contribution in [1.82, 2.24) is 10.2 Å². The first-order chi connectivity index (χ1) is 6.69. The van der Waals surface area contributed by atoms with Gasteiger partial charge in [0.15, 0.2) is 0 Å². The molecule has 1 heterocycles. The van der Waals surface area contributed by atoms with Crippen LogP contribution in [0.2, 0.25) is 0 Å². The van der Waals surface area contributed by atoms with E-state index in [-0.39, 0.29) is 17.8 Å². The zero-order valence-corrected chi connectivity index (χ0v) is 8.23. The molecule has 0 aliphatic carbocycles. The molecule has 0 atom stereocenters. The van der Waals surface area contributed by atoms with Crippen molar-refractivity contribution in [1.29, 1.82) is 0 Å². The Bertz CT molecular complexity index is 233. The largest absolute Gasteiger partial charge is 0.408 e. The second kappa shape index (κ2) is 4.69. The highest BCUT2D eigenvalue weighted by molar-refractivity contribution is 5.80. The Kier molecular flexibility index (Phi) is 3.55. The molecule has 1 saturated heterocycles. The maximum absolute atomic E-state index is 11.3. The van der Waals surface area contributed by atoms with E-state index in [0.29, 0.717) is 13.1 Å². The van der Waals surface area contributed by atoms with Gasteiger partial charge in [0.2, 0.25) is 11.9 Å². The van der Waals surface area contributed by atoms with Crippen molar-refractivity contribution < 1.29 is 10.0 Å². The number of hydrogen-bond acceptors (Lipinski definition) is 3. The van der Waals surface area contributed by atoms with Gasteiger partial charge in [-0.25, -0.2) is 0 Å². The molecule has 6 heteroatoms. The van der Waals surface area contributed by atoms with Crippen molar-refractivity contribution in [2.75, 3.05) is 20.1 Å². The van der Waals surface area contributed by atoms with Gasteiger partial charge in [0.25, 0.3) is 0 Å². The molecule has 1 aliphatic heterocycles. The lowest BCUT2D eigenvalue weighted by atomic mass is 9.96. The molecule has 4 N–H and O–H groups in total. The SMILES string of the molecule is CNC(=O)C1CCN(C(N)=NO)CC1. The third kappa shape index (κ3) is 2.27. The van der Waals surface area contributed by atoms with E-state index in [1.54, 1.807) is 11.9 Å². The molecular weight excluding hydrogens is 184 g/mol. The number of nitrogens with zero attached hydrogens (tertiary/aromatic N) is 2. The summed E-state index contributed by atoms with van der Waals surface area (Å²) in [6, 6.07) is 0. The molecule has 0 radical (unpaired) electrons. The summed E-state index contributed by atoms with van der Waals surface area (Å²) in [6.45, 7) is 1.32. The second-order valence-electron chi connectivity index (χ2n) is 3.33. The standard InChI is InChI=1S/C8H16N4O2/c1-10-7(13)6-2-4-12(5-3-6)8(9)11-14/h6,14H,2-5H2,1H3,(H2,9,11)(H,10,13). The summed E-state index contributed by atoms with van der Waals surface area (Å²) in [5.74, 6) is 0.257. The molecule has 6 nitrogen and oxygen atoms in total. The van der Waals surface area contributed by atoms with Crippen LogP contribution in [0.5, 0.6) is 0 Å². The van der Waals surface area contributed by atoms with Crippen LogP contribution in [-0.4, -0.2) is 42.1 Å². The van der Waals surface area contributed by atoms with E-state index < -0.39 is 0 Å². The second-order valence-corrected chi connectivity index (χ2v) is 3.33. The van der Waals surface area contributed by atoms with Crippen LogP contribution in [-0.2, 0) is 4.79 Å². The van der Waals surface area contributed by atoms with E-state index in [1.165, 1.54) is 0 Å². The normalized spacial score (nSPS) is 19.5. The number of oxime groups is 1. The Labute approximate surface area is 82.7 Å². The van der Waals surface area contributed by atoms with Crippen molar-refractivity contribution in [3.8, 4) is 0 Å².